The van der Waals surface area contributed by atoms with Gasteiger partial charge in [0.15, 0.2) is 5.78 Å². The fourth-order valence-corrected chi connectivity index (χ4v) is 3.29. The molecular weight excluding hydrogens is 310 g/mol. The fourth-order valence-electron chi connectivity index (χ4n) is 3.29. The van der Waals surface area contributed by atoms with Gasteiger partial charge in [-0.1, -0.05) is 90.0 Å². The fraction of sp³-hybridized carbons (Fsp3) is 0.682. The first-order valence-electron chi connectivity index (χ1n) is 10.3. The molecule has 0 aliphatic carbocycles. The number of hydrogen-bond donors (Lipinski definition) is 2. The van der Waals surface area contributed by atoms with Crippen molar-refractivity contribution < 1.29 is 9.90 Å². The van der Waals surface area contributed by atoms with Crippen LogP contribution in [0.25, 0.3) is 0 Å². The molecule has 1 rings (SSSR count). The van der Waals surface area contributed by atoms with Crippen LogP contribution >= 0.6 is 0 Å². The molecule has 0 bridgehead atoms. The number of anilines is 1. The number of nitrogens with two attached hydrogens (primary N) is 1. The Balaban J connectivity index is 1.96. The summed E-state index contributed by atoms with van der Waals surface area (Å²) in [6.07, 6.45) is 17.2. The Labute approximate surface area is 154 Å². The van der Waals surface area contributed by atoms with E-state index in [1.165, 1.54) is 76.7 Å². The summed E-state index contributed by atoms with van der Waals surface area (Å²) in [7, 11) is 0. The van der Waals surface area contributed by atoms with Crippen molar-refractivity contribution in [2.45, 2.75) is 96.8 Å². The van der Waals surface area contributed by atoms with Gasteiger partial charge in [0.1, 0.15) is 5.75 Å². The lowest BCUT2D eigenvalue weighted by Gasteiger charge is -2.07. The normalized spacial score (nSPS) is 10.9. The smallest absolute Gasteiger partial charge is 0.168 e. The van der Waals surface area contributed by atoms with E-state index in [2.05, 4.69) is 6.92 Å². The van der Waals surface area contributed by atoms with Crippen LogP contribution in [0, 0.1) is 0 Å². The highest BCUT2D eigenvalue weighted by molar-refractivity contribution is 6.03. The molecule has 0 spiro atoms. The molecule has 0 fully saturated rings. The third-order valence-electron chi connectivity index (χ3n) is 4.86. The van der Waals surface area contributed by atoms with Gasteiger partial charge in [0, 0.05) is 12.1 Å². The van der Waals surface area contributed by atoms with Crippen molar-refractivity contribution in [3.05, 3.63) is 23.8 Å². The average molecular weight is 348 g/mol. The zero-order valence-corrected chi connectivity index (χ0v) is 16.1. The van der Waals surface area contributed by atoms with E-state index in [0.29, 0.717) is 17.7 Å². The topological polar surface area (TPSA) is 63.3 Å². The third kappa shape index (κ3) is 9.52. The van der Waals surface area contributed by atoms with Gasteiger partial charge in [0.05, 0.1) is 5.56 Å². The highest BCUT2D eigenvalue weighted by Gasteiger charge is 2.13. The van der Waals surface area contributed by atoms with E-state index in [9.17, 15) is 9.90 Å². The molecular formula is C22H37NO2. The molecule has 0 saturated carbocycles. The van der Waals surface area contributed by atoms with Crippen molar-refractivity contribution >= 4 is 11.5 Å². The number of unbranched alkanes of at least 4 members (excludes halogenated alkanes) is 12. The Morgan fingerprint density at radius 3 is 1.80 bits per heavy atom. The van der Waals surface area contributed by atoms with E-state index < -0.39 is 0 Å². The molecule has 1 aromatic carbocycles. The zero-order chi connectivity index (χ0) is 18.3. The minimum absolute atomic E-state index is 0.000283. The maximum Gasteiger partial charge on any atom is 0.168 e. The number of phenolic OH excluding ortho intramolecular Hbond substituents is 1. The maximum absolute atomic E-state index is 12.1. The Bertz CT molecular complexity index is 465. The van der Waals surface area contributed by atoms with E-state index in [0.717, 1.165) is 12.8 Å². The molecule has 25 heavy (non-hydrogen) atoms. The number of carbonyl (C=O) groups is 1. The van der Waals surface area contributed by atoms with Crippen LogP contribution in [0.5, 0.6) is 5.75 Å². The van der Waals surface area contributed by atoms with Crippen LogP contribution in [0.1, 0.15) is 107 Å². The quantitative estimate of drug-likeness (QED) is 0.212. The van der Waals surface area contributed by atoms with E-state index in [1.54, 1.807) is 12.1 Å². The van der Waals surface area contributed by atoms with Crippen LogP contribution in [0.2, 0.25) is 0 Å². The minimum Gasteiger partial charge on any atom is -0.507 e. The molecule has 0 saturated heterocycles. The van der Waals surface area contributed by atoms with Crippen LogP contribution in [-0.2, 0) is 0 Å². The minimum atomic E-state index is -0.0429. The third-order valence-corrected chi connectivity index (χ3v) is 4.86. The van der Waals surface area contributed by atoms with Gasteiger partial charge in [-0.25, -0.2) is 0 Å². The van der Waals surface area contributed by atoms with Crippen LogP contribution in [0.3, 0.4) is 0 Å². The molecule has 0 radical (unpaired) electrons. The number of Topliss-reactive ketones (excluding diaryl/α,β-unsaturated/α-hetero) is 1. The van der Waals surface area contributed by atoms with E-state index in [4.69, 9.17) is 5.73 Å². The molecule has 0 amide bonds. The Morgan fingerprint density at radius 2 is 1.32 bits per heavy atom. The standard InChI is InChI=1S/C22H37NO2/c1-2-3-4-5-6-7-8-9-10-11-12-13-14-17-20(24)22-19(23)16-15-18-21(22)25/h15-16,18,25H,2-14,17,23H2,1H3. The van der Waals surface area contributed by atoms with Crippen molar-refractivity contribution in [2.24, 2.45) is 0 Å². The summed E-state index contributed by atoms with van der Waals surface area (Å²) in [5.74, 6) is -0.0432. The van der Waals surface area contributed by atoms with Gasteiger partial charge in [0.25, 0.3) is 0 Å². The summed E-state index contributed by atoms with van der Waals surface area (Å²) in [4.78, 5) is 12.1. The number of carbonyl (C=O) groups excluding carboxylic acids is 1. The largest absolute Gasteiger partial charge is 0.507 e. The first-order chi connectivity index (χ1) is 12.2. The van der Waals surface area contributed by atoms with Crippen molar-refractivity contribution in [3.8, 4) is 5.75 Å². The second-order valence-electron chi connectivity index (χ2n) is 7.16. The van der Waals surface area contributed by atoms with Gasteiger partial charge in [-0.05, 0) is 18.6 Å². The maximum atomic E-state index is 12.1. The molecule has 0 aliphatic rings. The average Bonchev–Trinajstić information content (AvgIpc) is 2.59. The predicted molar refractivity (Wildman–Crippen MR) is 107 cm³/mol. The molecule has 3 N–H and O–H groups in total. The summed E-state index contributed by atoms with van der Waals surface area (Å²) in [6, 6.07) is 4.84. The van der Waals surface area contributed by atoms with Gasteiger partial charge >= 0.3 is 0 Å². The van der Waals surface area contributed by atoms with E-state index >= 15 is 0 Å². The van der Waals surface area contributed by atoms with Gasteiger partial charge in [-0.15, -0.1) is 0 Å². The molecule has 0 heterocycles. The van der Waals surface area contributed by atoms with Gasteiger partial charge in [-0.2, -0.15) is 0 Å². The molecule has 1 aromatic rings. The van der Waals surface area contributed by atoms with Crippen molar-refractivity contribution in [1.82, 2.24) is 0 Å². The predicted octanol–water partition coefficient (Wildman–Crippen LogP) is 6.64. The number of benzene rings is 1. The lowest BCUT2D eigenvalue weighted by molar-refractivity contribution is 0.0977. The Kier molecular flexibility index (Phi) is 11.8. The van der Waals surface area contributed by atoms with Gasteiger partial charge in [-0.3, -0.25) is 4.79 Å². The summed E-state index contributed by atoms with van der Waals surface area (Å²) >= 11 is 0. The van der Waals surface area contributed by atoms with Gasteiger partial charge in [0.2, 0.25) is 0 Å². The summed E-state index contributed by atoms with van der Waals surface area (Å²) in [5.41, 5.74) is 6.45. The van der Waals surface area contributed by atoms with Crippen molar-refractivity contribution in [1.29, 1.82) is 0 Å². The summed E-state index contributed by atoms with van der Waals surface area (Å²) in [5, 5.41) is 9.76. The first kappa shape index (κ1) is 21.5. The molecule has 3 heteroatoms. The molecule has 0 atom stereocenters. The lowest BCUT2D eigenvalue weighted by atomic mass is 10.0. The van der Waals surface area contributed by atoms with E-state index in [1.807, 2.05) is 0 Å². The van der Waals surface area contributed by atoms with E-state index in [-0.39, 0.29) is 11.5 Å². The number of aromatic hydroxyl groups is 1. The lowest BCUT2D eigenvalue weighted by Crippen LogP contribution is -2.04. The molecule has 0 aliphatic heterocycles. The Morgan fingerprint density at radius 1 is 0.840 bits per heavy atom. The Hall–Kier alpha value is -1.51. The first-order valence-corrected chi connectivity index (χ1v) is 10.3. The highest BCUT2D eigenvalue weighted by atomic mass is 16.3. The number of rotatable bonds is 15. The number of nitrogen functional groups attached to an aromatic ring is 1. The zero-order valence-electron chi connectivity index (χ0n) is 16.1. The number of hydrogen-bond acceptors (Lipinski definition) is 3. The van der Waals surface area contributed by atoms with Crippen molar-refractivity contribution in [2.75, 3.05) is 5.73 Å². The van der Waals surface area contributed by atoms with Crippen LogP contribution < -0.4 is 5.73 Å². The van der Waals surface area contributed by atoms with Crippen LogP contribution in [-0.4, -0.2) is 10.9 Å². The number of phenols is 1. The molecule has 0 aromatic heterocycles. The summed E-state index contributed by atoms with van der Waals surface area (Å²) in [6.45, 7) is 2.26. The number of ketones is 1. The highest BCUT2D eigenvalue weighted by Crippen LogP contribution is 2.25. The SMILES string of the molecule is CCCCCCCCCCCCCCCC(=O)c1c(N)cccc1O. The van der Waals surface area contributed by atoms with Gasteiger partial charge < -0.3 is 10.8 Å². The van der Waals surface area contributed by atoms with Crippen LogP contribution in [0.4, 0.5) is 5.69 Å². The molecule has 0 unspecified atom stereocenters. The monoisotopic (exact) mass is 347 g/mol. The molecule has 3 nitrogen and oxygen atoms in total. The van der Waals surface area contributed by atoms with Crippen LogP contribution in [0.15, 0.2) is 18.2 Å². The molecule has 142 valence electrons. The second kappa shape index (κ2) is 13.7. The van der Waals surface area contributed by atoms with Crippen molar-refractivity contribution in [3.63, 3.8) is 0 Å². The second-order valence-corrected chi connectivity index (χ2v) is 7.16. The summed E-state index contributed by atoms with van der Waals surface area (Å²) < 4.78 is 0.